The number of nitrogens with zero attached hydrogens (tertiary/aromatic N) is 2. The highest BCUT2D eigenvalue weighted by molar-refractivity contribution is 5.99. The lowest BCUT2D eigenvalue weighted by molar-refractivity contribution is -0.383. The molecular weight excluding hydrogens is 242 g/mol. The number of hydrogen-bond acceptors (Lipinski definition) is 4. The van der Waals surface area contributed by atoms with E-state index < -0.39 is 0 Å². The third kappa shape index (κ3) is 2.36. The van der Waals surface area contributed by atoms with Crippen LogP contribution in [0.1, 0.15) is 18.5 Å². The van der Waals surface area contributed by atoms with Gasteiger partial charge in [-0.1, -0.05) is 0 Å². The number of anilines is 1. The molecule has 0 atom stereocenters. The Labute approximate surface area is 110 Å². The van der Waals surface area contributed by atoms with Gasteiger partial charge in [0.05, 0.1) is 10.3 Å². The van der Waals surface area contributed by atoms with Gasteiger partial charge in [0, 0.05) is 35.6 Å². The van der Waals surface area contributed by atoms with Crippen LogP contribution >= 0.6 is 0 Å². The topological polar surface area (TPSA) is 68.1 Å². The largest absolute Gasteiger partial charge is 0.384 e. The van der Waals surface area contributed by atoms with Crippen molar-refractivity contribution in [2.45, 2.75) is 19.8 Å². The van der Waals surface area contributed by atoms with Gasteiger partial charge in [-0.25, -0.2) is 0 Å². The Morgan fingerprint density at radius 3 is 2.89 bits per heavy atom. The van der Waals surface area contributed by atoms with E-state index in [1.807, 2.05) is 13.0 Å². The van der Waals surface area contributed by atoms with Crippen LogP contribution in [-0.2, 0) is 0 Å². The summed E-state index contributed by atoms with van der Waals surface area (Å²) >= 11 is 0. The first-order chi connectivity index (χ1) is 9.15. The fourth-order valence-corrected chi connectivity index (χ4v) is 2.22. The summed E-state index contributed by atoms with van der Waals surface area (Å²) in [5, 5.41) is 15.9. The highest BCUT2D eigenvalue weighted by atomic mass is 16.6. The number of benzene rings is 1. The first-order valence-electron chi connectivity index (χ1n) is 6.43. The van der Waals surface area contributed by atoms with E-state index in [4.69, 9.17) is 0 Å². The Morgan fingerprint density at radius 2 is 2.21 bits per heavy atom. The normalized spacial score (nSPS) is 14.6. The predicted molar refractivity (Wildman–Crippen MR) is 74.3 cm³/mol. The Kier molecular flexibility index (Phi) is 2.81. The summed E-state index contributed by atoms with van der Waals surface area (Å²) in [7, 11) is 0. The van der Waals surface area contributed by atoms with Gasteiger partial charge in [-0.3, -0.25) is 15.1 Å². The number of non-ortho nitro benzene ring substituents is 1. The van der Waals surface area contributed by atoms with E-state index in [0.29, 0.717) is 5.39 Å². The number of nitro benzene ring substituents is 1. The average Bonchev–Trinajstić information content (AvgIpc) is 3.19. The second-order valence-electron chi connectivity index (χ2n) is 5.08. The fraction of sp³-hybridized carbons (Fsp3) is 0.357. The molecule has 1 aliphatic carbocycles. The molecule has 1 aromatic carbocycles. The highest BCUT2D eigenvalue weighted by Crippen LogP contribution is 2.33. The van der Waals surface area contributed by atoms with Crippen LogP contribution < -0.4 is 5.32 Å². The molecular formula is C14H15N3O2. The molecule has 98 valence electrons. The van der Waals surface area contributed by atoms with E-state index in [0.717, 1.165) is 29.2 Å². The molecule has 1 aliphatic rings. The molecule has 0 saturated heterocycles. The molecule has 0 radical (unpaired) electrons. The monoisotopic (exact) mass is 257 g/mol. The molecule has 1 aromatic heterocycles. The summed E-state index contributed by atoms with van der Waals surface area (Å²) in [6.07, 6.45) is 4.14. The Bertz CT molecular complexity index is 650. The number of nitrogens with one attached hydrogen (secondary N) is 1. The molecule has 0 spiro atoms. The molecule has 1 saturated carbocycles. The molecule has 2 aromatic rings. The maximum Gasteiger partial charge on any atom is 0.278 e. The number of rotatable bonds is 4. The maximum atomic E-state index is 11.0. The van der Waals surface area contributed by atoms with Gasteiger partial charge in [-0.15, -0.1) is 0 Å². The van der Waals surface area contributed by atoms with E-state index in [9.17, 15) is 10.1 Å². The standard InChI is InChI=1S/C14H15N3O2/c1-9-6-11-12(8-15-9)14(17(18)19)5-4-13(11)16-7-10-2-3-10/h4-6,8,10,16H,2-3,7H2,1H3. The van der Waals surface area contributed by atoms with Crippen LogP contribution in [0.15, 0.2) is 24.4 Å². The molecule has 0 amide bonds. The van der Waals surface area contributed by atoms with E-state index in [2.05, 4.69) is 10.3 Å². The lowest BCUT2D eigenvalue weighted by Gasteiger charge is -2.10. The van der Waals surface area contributed by atoms with Crippen LogP contribution in [0.2, 0.25) is 0 Å². The van der Waals surface area contributed by atoms with Crippen LogP contribution in [0.4, 0.5) is 11.4 Å². The van der Waals surface area contributed by atoms with Crippen LogP contribution in [0, 0.1) is 23.0 Å². The van der Waals surface area contributed by atoms with Crippen molar-refractivity contribution in [2.24, 2.45) is 5.92 Å². The fourth-order valence-electron chi connectivity index (χ4n) is 2.22. The van der Waals surface area contributed by atoms with Gasteiger partial charge in [-0.2, -0.15) is 0 Å². The minimum Gasteiger partial charge on any atom is -0.384 e. The first kappa shape index (κ1) is 11.9. The Hall–Kier alpha value is -2.17. The average molecular weight is 257 g/mol. The summed E-state index contributed by atoms with van der Waals surface area (Å²) in [5.41, 5.74) is 1.93. The second kappa shape index (κ2) is 4.50. The predicted octanol–water partition coefficient (Wildman–Crippen LogP) is 3.27. The third-order valence-electron chi connectivity index (χ3n) is 3.49. The zero-order valence-corrected chi connectivity index (χ0v) is 10.7. The van der Waals surface area contributed by atoms with Crippen LogP contribution in [0.25, 0.3) is 10.8 Å². The summed E-state index contributed by atoms with van der Waals surface area (Å²) in [4.78, 5) is 14.9. The van der Waals surface area contributed by atoms with Gasteiger partial charge in [-0.05, 0) is 37.8 Å². The summed E-state index contributed by atoms with van der Waals surface area (Å²) in [6.45, 7) is 2.83. The number of hydrogen-bond donors (Lipinski definition) is 1. The SMILES string of the molecule is Cc1cc2c(NCC3CC3)ccc([N+](=O)[O-])c2cn1. The lowest BCUT2D eigenvalue weighted by Crippen LogP contribution is -2.04. The smallest absolute Gasteiger partial charge is 0.278 e. The molecule has 1 heterocycles. The molecule has 3 rings (SSSR count). The lowest BCUT2D eigenvalue weighted by atomic mass is 10.1. The number of aryl methyl sites for hydroxylation is 1. The number of nitro groups is 1. The van der Waals surface area contributed by atoms with Crippen LogP contribution in [0.3, 0.4) is 0 Å². The Morgan fingerprint density at radius 1 is 1.42 bits per heavy atom. The van der Waals surface area contributed by atoms with Crippen molar-refractivity contribution in [3.8, 4) is 0 Å². The van der Waals surface area contributed by atoms with E-state index in [-0.39, 0.29) is 10.6 Å². The van der Waals surface area contributed by atoms with Crippen molar-refractivity contribution in [1.29, 1.82) is 0 Å². The maximum absolute atomic E-state index is 11.0. The van der Waals surface area contributed by atoms with Crippen molar-refractivity contribution >= 4 is 22.1 Å². The molecule has 1 fully saturated rings. The van der Waals surface area contributed by atoms with E-state index in [1.165, 1.54) is 12.8 Å². The summed E-state index contributed by atoms with van der Waals surface area (Å²) in [5.74, 6) is 0.758. The molecule has 1 N–H and O–H groups in total. The summed E-state index contributed by atoms with van der Waals surface area (Å²) < 4.78 is 0. The van der Waals surface area contributed by atoms with Gasteiger partial charge >= 0.3 is 0 Å². The Balaban J connectivity index is 2.08. The van der Waals surface area contributed by atoms with Crippen molar-refractivity contribution in [3.05, 3.63) is 40.2 Å². The van der Waals surface area contributed by atoms with E-state index in [1.54, 1.807) is 18.3 Å². The third-order valence-corrected chi connectivity index (χ3v) is 3.49. The highest BCUT2D eigenvalue weighted by Gasteiger charge is 2.21. The van der Waals surface area contributed by atoms with Crippen LogP contribution in [-0.4, -0.2) is 16.5 Å². The van der Waals surface area contributed by atoms with Gasteiger partial charge in [0.15, 0.2) is 0 Å². The van der Waals surface area contributed by atoms with Crippen molar-refractivity contribution in [3.63, 3.8) is 0 Å². The molecule has 0 unspecified atom stereocenters. The number of aromatic nitrogens is 1. The number of pyridine rings is 1. The number of fused-ring (bicyclic) bond motifs is 1. The molecule has 0 aliphatic heterocycles. The van der Waals surface area contributed by atoms with Crippen molar-refractivity contribution < 1.29 is 4.92 Å². The van der Waals surface area contributed by atoms with E-state index >= 15 is 0 Å². The minimum absolute atomic E-state index is 0.111. The minimum atomic E-state index is -0.357. The van der Waals surface area contributed by atoms with Crippen LogP contribution in [0.5, 0.6) is 0 Å². The quantitative estimate of drug-likeness (QED) is 0.674. The zero-order chi connectivity index (χ0) is 13.4. The second-order valence-corrected chi connectivity index (χ2v) is 5.08. The van der Waals surface area contributed by atoms with Gasteiger partial charge in [0.1, 0.15) is 0 Å². The molecule has 19 heavy (non-hydrogen) atoms. The summed E-state index contributed by atoms with van der Waals surface area (Å²) in [6, 6.07) is 5.24. The van der Waals surface area contributed by atoms with Crippen molar-refractivity contribution in [1.82, 2.24) is 4.98 Å². The molecule has 5 nitrogen and oxygen atoms in total. The zero-order valence-electron chi connectivity index (χ0n) is 10.7. The molecule has 5 heteroatoms. The van der Waals surface area contributed by atoms with Gasteiger partial charge in [0.2, 0.25) is 0 Å². The molecule has 0 bridgehead atoms. The van der Waals surface area contributed by atoms with Crippen molar-refractivity contribution in [2.75, 3.05) is 11.9 Å². The van der Waals surface area contributed by atoms with Gasteiger partial charge < -0.3 is 5.32 Å². The first-order valence-corrected chi connectivity index (χ1v) is 6.43. The van der Waals surface area contributed by atoms with Gasteiger partial charge in [0.25, 0.3) is 5.69 Å².